The van der Waals surface area contributed by atoms with Crippen molar-refractivity contribution >= 4 is 19.7 Å². The number of esters is 1. The van der Waals surface area contributed by atoms with E-state index in [0.717, 1.165) is 5.56 Å². The molecule has 1 rings (SSSR count). The Bertz CT molecular complexity index is 678. The van der Waals surface area contributed by atoms with Gasteiger partial charge in [-0.25, -0.2) is 9.59 Å². The molecule has 0 aliphatic heterocycles. The zero-order valence-corrected chi connectivity index (χ0v) is 18.1. The minimum Gasteiger partial charge on any atom is -0.467 e. The van der Waals surface area contributed by atoms with E-state index >= 15 is 0 Å². The number of alkyl carbamates (subject to hydrolysis) is 1. The predicted octanol–water partition coefficient (Wildman–Crippen LogP) is 3.95. The summed E-state index contributed by atoms with van der Waals surface area (Å²) in [6.07, 6.45) is -1.86. The molecule has 1 N–H and O–H groups in total. The molecule has 0 fully saturated rings. The zero-order chi connectivity index (χ0) is 21.3. The molecule has 0 heterocycles. The summed E-state index contributed by atoms with van der Waals surface area (Å²) < 4.78 is 34.0. The highest BCUT2D eigenvalue weighted by molar-refractivity contribution is 7.54. The van der Waals surface area contributed by atoms with Crippen molar-refractivity contribution in [2.75, 3.05) is 14.2 Å². The smallest absolute Gasteiger partial charge is 0.408 e. The molecule has 1 aromatic rings. The second-order valence-corrected chi connectivity index (χ2v) is 9.12. The van der Waals surface area contributed by atoms with E-state index in [2.05, 4.69) is 5.32 Å². The first kappa shape index (κ1) is 24.1. The molecule has 0 aliphatic rings. The van der Waals surface area contributed by atoms with Gasteiger partial charge in [-0.3, -0.25) is 9.09 Å². The predicted molar refractivity (Wildman–Crippen MR) is 105 cm³/mol. The quantitative estimate of drug-likeness (QED) is 0.456. The van der Waals surface area contributed by atoms with Crippen LogP contribution in [-0.2, 0) is 34.5 Å². The third-order valence-corrected chi connectivity index (χ3v) is 6.44. The molecule has 3 atom stereocenters. The Kier molecular flexibility index (Phi) is 9.65. The highest BCUT2D eigenvalue weighted by Gasteiger charge is 2.43. The maximum Gasteiger partial charge on any atom is 0.408 e. The molecule has 0 aromatic heterocycles. The fourth-order valence-corrected chi connectivity index (χ4v) is 4.51. The number of nitrogens with one attached hydrogen (secondary N) is 1. The molecule has 0 aliphatic carbocycles. The molecule has 1 aromatic carbocycles. The number of benzene rings is 1. The van der Waals surface area contributed by atoms with Crippen LogP contribution in [0.4, 0.5) is 4.79 Å². The molecule has 0 spiro atoms. The van der Waals surface area contributed by atoms with E-state index in [1.807, 2.05) is 30.3 Å². The Balaban J connectivity index is 2.91. The number of rotatable bonds is 10. The van der Waals surface area contributed by atoms with Gasteiger partial charge in [-0.15, -0.1) is 0 Å². The van der Waals surface area contributed by atoms with Crippen LogP contribution in [-0.4, -0.2) is 38.2 Å². The lowest BCUT2D eigenvalue weighted by molar-refractivity contribution is -0.151. The lowest BCUT2D eigenvalue weighted by Crippen LogP contribution is -2.41. The van der Waals surface area contributed by atoms with Crippen molar-refractivity contribution in [1.82, 2.24) is 5.32 Å². The summed E-state index contributed by atoms with van der Waals surface area (Å²) >= 11 is 0. The molecule has 158 valence electrons. The number of methoxy groups -OCH3 is 1. The topological polar surface area (TPSA) is 100 Å². The molecule has 9 heteroatoms. The second-order valence-electron chi connectivity index (χ2n) is 6.91. The number of carbonyl (C=O) groups is 2. The monoisotopic (exact) mass is 415 g/mol. The Morgan fingerprint density at radius 1 is 1.04 bits per heavy atom. The van der Waals surface area contributed by atoms with Gasteiger partial charge in [0.05, 0.1) is 7.11 Å². The Morgan fingerprint density at radius 2 is 1.64 bits per heavy atom. The number of amides is 1. The number of ether oxygens (including phenoxy) is 2. The van der Waals surface area contributed by atoms with Gasteiger partial charge in [0.1, 0.15) is 12.4 Å². The van der Waals surface area contributed by atoms with Crippen LogP contribution in [0, 0.1) is 11.8 Å². The third-order valence-electron chi connectivity index (χ3n) is 4.00. The van der Waals surface area contributed by atoms with E-state index in [9.17, 15) is 14.2 Å². The molecule has 0 bridgehead atoms. The first-order valence-electron chi connectivity index (χ1n) is 9.03. The molecule has 1 amide bonds. The van der Waals surface area contributed by atoms with Crippen LogP contribution < -0.4 is 5.32 Å². The van der Waals surface area contributed by atoms with Crippen LogP contribution in [0.3, 0.4) is 0 Å². The lowest BCUT2D eigenvalue weighted by atomic mass is 10.1. The van der Waals surface area contributed by atoms with Gasteiger partial charge in [0.2, 0.25) is 0 Å². The van der Waals surface area contributed by atoms with Crippen LogP contribution in [0.15, 0.2) is 30.3 Å². The Morgan fingerprint density at radius 3 is 2.11 bits per heavy atom. The molecule has 0 radical (unpaired) electrons. The molecular weight excluding hydrogens is 385 g/mol. The van der Waals surface area contributed by atoms with Crippen molar-refractivity contribution in [1.29, 1.82) is 0 Å². The fraction of sp³-hybridized carbons (Fsp3) is 0.579. The van der Waals surface area contributed by atoms with Gasteiger partial charge < -0.3 is 19.3 Å². The van der Waals surface area contributed by atoms with Crippen LogP contribution in [0.5, 0.6) is 0 Å². The van der Waals surface area contributed by atoms with Gasteiger partial charge in [0, 0.05) is 7.11 Å². The van der Waals surface area contributed by atoms with Gasteiger partial charge >= 0.3 is 19.7 Å². The van der Waals surface area contributed by atoms with Crippen molar-refractivity contribution < 1.29 is 32.7 Å². The van der Waals surface area contributed by atoms with Gasteiger partial charge in [-0.2, -0.15) is 0 Å². The maximum atomic E-state index is 13.3. The Hall–Kier alpha value is -1.89. The summed E-state index contributed by atoms with van der Waals surface area (Å²) in [5.41, 5.74) is 0.815. The summed E-state index contributed by atoms with van der Waals surface area (Å²) in [4.78, 5) is 24.2. The summed E-state index contributed by atoms with van der Waals surface area (Å²) in [6, 6.07) is 9.16. The van der Waals surface area contributed by atoms with Crippen molar-refractivity contribution in [2.24, 2.45) is 11.8 Å². The number of hydrogen-bond donors (Lipinski definition) is 1. The highest BCUT2D eigenvalue weighted by Crippen LogP contribution is 2.55. The van der Waals surface area contributed by atoms with Crippen molar-refractivity contribution in [3.63, 3.8) is 0 Å². The molecule has 0 saturated heterocycles. The SMILES string of the molecule is COC(=O)[C@@H](OP(=O)(OC)[C@@H](NC(=O)OCc1ccccc1)C(C)C)C(C)C. The van der Waals surface area contributed by atoms with Gasteiger partial charge in [0.15, 0.2) is 6.10 Å². The van der Waals surface area contributed by atoms with Gasteiger partial charge in [-0.05, 0) is 17.4 Å². The van der Waals surface area contributed by atoms with Gasteiger partial charge in [0.25, 0.3) is 0 Å². The van der Waals surface area contributed by atoms with E-state index in [1.54, 1.807) is 27.7 Å². The second kappa shape index (κ2) is 11.2. The summed E-state index contributed by atoms with van der Waals surface area (Å²) in [6.45, 7) is 7.02. The average Bonchev–Trinajstić information content (AvgIpc) is 2.68. The molecule has 28 heavy (non-hydrogen) atoms. The minimum absolute atomic E-state index is 0.0619. The van der Waals surface area contributed by atoms with E-state index in [-0.39, 0.29) is 18.4 Å². The van der Waals surface area contributed by atoms with Crippen molar-refractivity contribution in [2.45, 2.75) is 46.2 Å². The normalized spacial score (nSPS) is 15.6. The van der Waals surface area contributed by atoms with Crippen molar-refractivity contribution in [3.8, 4) is 0 Å². The first-order chi connectivity index (χ1) is 13.1. The largest absolute Gasteiger partial charge is 0.467 e. The number of carbonyl (C=O) groups excluding carboxylic acids is 2. The highest BCUT2D eigenvalue weighted by atomic mass is 31.2. The first-order valence-corrected chi connectivity index (χ1v) is 10.6. The van der Waals surface area contributed by atoms with Crippen LogP contribution in [0.1, 0.15) is 33.3 Å². The maximum absolute atomic E-state index is 13.3. The van der Waals surface area contributed by atoms with E-state index < -0.39 is 31.5 Å². The van der Waals surface area contributed by atoms with Crippen LogP contribution in [0.25, 0.3) is 0 Å². The van der Waals surface area contributed by atoms with E-state index in [1.165, 1.54) is 14.2 Å². The van der Waals surface area contributed by atoms with Gasteiger partial charge in [-0.1, -0.05) is 58.0 Å². The van der Waals surface area contributed by atoms with Crippen LogP contribution >= 0.6 is 7.60 Å². The summed E-state index contributed by atoms with van der Waals surface area (Å²) in [7, 11) is -1.48. The summed E-state index contributed by atoms with van der Waals surface area (Å²) in [5.74, 6) is -2.30. The standard InChI is InChI=1S/C19H30NO7P/c1-13(2)16(18(21)24-5)27-28(23,25-6)17(14(3)4)20-19(22)26-12-15-10-8-7-9-11-15/h7-11,13-14,16-17H,12H2,1-6H3,(H,20,22)/t16-,17+,28?/m0/s1. The molecular formula is C19H30NO7P. The minimum atomic E-state index is -3.91. The fourth-order valence-electron chi connectivity index (χ4n) is 2.43. The molecule has 0 saturated carbocycles. The van der Waals surface area contributed by atoms with E-state index in [0.29, 0.717) is 0 Å². The number of hydrogen-bond acceptors (Lipinski definition) is 7. The molecule has 1 unspecified atom stereocenters. The van der Waals surface area contributed by atoms with E-state index in [4.69, 9.17) is 18.5 Å². The Labute approximate surface area is 166 Å². The zero-order valence-electron chi connectivity index (χ0n) is 17.2. The molecule has 8 nitrogen and oxygen atoms in total. The van der Waals surface area contributed by atoms with Crippen LogP contribution in [0.2, 0.25) is 0 Å². The van der Waals surface area contributed by atoms with Crippen molar-refractivity contribution in [3.05, 3.63) is 35.9 Å². The summed E-state index contributed by atoms with van der Waals surface area (Å²) in [5, 5.41) is 2.55. The third kappa shape index (κ3) is 6.93. The average molecular weight is 415 g/mol. The lowest BCUT2D eigenvalue weighted by Gasteiger charge is -2.32.